The predicted octanol–water partition coefficient (Wildman–Crippen LogP) is 0.904. The smallest absolute Gasteiger partial charge is 0.424 e. The molecule has 11 heteroatoms. The molecule has 2 N–H and O–H groups in total. The predicted molar refractivity (Wildman–Crippen MR) is 75.4 cm³/mol. The van der Waals surface area contributed by atoms with Gasteiger partial charge in [0.2, 0.25) is 11.5 Å². The summed E-state index contributed by atoms with van der Waals surface area (Å²) in [6.45, 7) is 0.939. The molecule has 2 unspecified atom stereocenters. The van der Waals surface area contributed by atoms with Crippen molar-refractivity contribution < 1.29 is 37.7 Å². The summed E-state index contributed by atoms with van der Waals surface area (Å²) in [5.74, 6) is -2.33. The molecule has 1 aliphatic rings. The Labute approximate surface area is 138 Å². The van der Waals surface area contributed by atoms with Crippen LogP contribution in [0.2, 0.25) is 0 Å². The zero-order valence-electron chi connectivity index (χ0n) is 12.5. The number of amides is 1. The van der Waals surface area contributed by atoms with Crippen LogP contribution in [0.5, 0.6) is 0 Å². The average molecular weight is 368 g/mol. The normalized spacial score (nSPS) is 21.4. The van der Waals surface area contributed by atoms with Crippen LogP contribution in [0.4, 0.5) is 13.2 Å². The number of aliphatic carboxylic acids is 1. The molecule has 134 valence electrons. The number of thiazole rings is 1. The summed E-state index contributed by atoms with van der Waals surface area (Å²) >= 11 is 0.607. The average Bonchev–Trinajstić information content (AvgIpc) is 2.93. The Hall–Kier alpha value is -1.72. The van der Waals surface area contributed by atoms with Gasteiger partial charge in [0.15, 0.2) is 6.10 Å². The Morgan fingerprint density at radius 3 is 2.67 bits per heavy atom. The van der Waals surface area contributed by atoms with Gasteiger partial charge in [-0.05, 0) is 6.92 Å². The molecule has 2 atom stereocenters. The number of rotatable bonds is 4. The van der Waals surface area contributed by atoms with Crippen LogP contribution in [0.3, 0.4) is 0 Å². The first kappa shape index (κ1) is 18.6. The van der Waals surface area contributed by atoms with Gasteiger partial charge in [-0.2, -0.15) is 13.2 Å². The minimum absolute atomic E-state index is 0.0482. The van der Waals surface area contributed by atoms with Crippen LogP contribution in [0.1, 0.15) is 17.1 Å². The highest BCUT2D eigenvalue weighted by Crippen LogP contribution is 2.43. The van der Waals surface area contributed by atoms with Gasteiger partial charge in [0.25, 0.3) is 0 Å². The number of carbonyl (C=O) groups excluding carboxylic acids is 1. The van der Waals surface area contributed by atoms with E-state index < -0.39 is 41.2 Å². The third kappa shape index (κ3) is 3.68. The zero-order chi connectivity index (χ0) is 18.1. The Kier molecular flexibility index (Phi) is 5.16. The molecule has 7 nitrogen and oxygen atoms in total. The molecule has 0 aliphatic carbocycles. The van der Waals surface area contributed by atoms with Crippen molar-refractivity contribution in [3.63, 3.8) is 0 Å². The van der Waals surface area contributed by atoms with E-state index in [1.807, 2.05) is 0 Å². The zero-order valence-corrected chi connectivity index (χ0v) is 13.4. The van der Waals surface area contributed by atoms with Crippen molar-refractivity contribution in [3.8, 4) is 0 Å². The van der Waals surface area contributed by atoms with E-state index in [2.05, 4.69) is 4.98 Å². The third-order valence-corrected chi connectivity index (χ3v) is 4.65. The quantitative estimate of drug-likeness (QED) is 0.819. The second kappa shape index (κ2) is 6.65. The summed E-state index contributed by atoms with van der Waals surface area (Å²) in [6, 6.07) is 0. The van der Waals surface area contributed by atoms with Gasteiger partial charge in [-0.3, -0.25) is 4.79 Å². The third-order valence-electron chi connectivity index (χ3n) is 3.54. The van der Waals surface area contributed by atoms with Crippen LogP contribution in [-0.4, -0.2) is 64.0 Å². The molecule has 2 heterocycles. The first-order chi connectivity index (χ1) is 11.0. The fraction of sp³-hybridized carbons (Fsp3) is 0.615. The highest BCUT2D eigenvalue weighted by molar-refractivity contribution is 7.09. The number of nitrogens with zero attached hydrogens (tertiary/aromatic N) is 2. The summed E-state index contributed by atoms with van der Waals surface area (Å²) in [5, 5.41) is 19.7. The lowest BCUT2D eigenvalue weighted by molar-refractivity contribution is -0.268. The number of carboxylic acid groups (broad SMARTS) is 1. The number of aliphatic hydroxyl groups is 1. The standard InChI is InChI=1S/C13H15F3N2O5S/c1-7-6-24-11(17-7)12(22,13(14,15)16)4-9(19)18-2-3-23-8(5-18)10(20)21/h6,8,22H,2-5H2,1H3,(H,20,21). The molecule has 0 aromatic carbocycles. The molecule has 1 fully saturated rings. The van der Waals surface area contributed by atoms with Gasteiger partial charge in [0.1, 0.15) is 5.01 Å². The molecule has 1 amide bonds. The fourth-order valence-electron chi connectivity index (χ4n) is 2.20. The van der Waals surface area contributed by atoms with Crippen molar-refractivity contribution in [1.82, 2.24) is 9.88 Å². The number of aryl methyl sites for hydroxylation is 1. The minimum atomic E-state index is -5.11. The van der Waals surface area contributed by atoms with E-state index in [0.29, 0.717) is 17.0 Å². The summed E-state index contributed by atoms with van der Waals surface area (Å²) in [6.07, 6.45) is -7.68. The Balaban J connectivity index is 2.21. The molecular formula is C13H15F3N2O5S. The number of carbonyl (C=O) groups is 2. The molecule has 1 aromatic rings. The van der Waals surface area contributed by atoms with Gasteiger partial charge in [-0.15, -0.1) is 11.3 Å². The molecule has 0 spiro atoms. The highest BCUT2D eigenvalue weighted by Gasteiger charge is 2.58. The number of alkyl halides is 3. The van der Waals surface area contributed by atoms with Gasteiger partial charge < -0.3 is 19.8 Å². The van der Waals surface area contributed by atoms with Gasteiger partial charge in [0, 0.05) is 17.6 Å². The summed E-state index contributed by atoms with van der Waals surface area (Å²) in [5.41, 5.74) is -3.12. The number of hydrogen-bond donors (Lipinski definition) is 2. The van der Waals surface area contributed by atoms with Crippen molar-refractivity contribution in [2.24, 2.45) is 0 Å². The van der Waals surface area contributed by atoms with Crippen molar-refractivity contribution in [1.29, 1.82) is 0 Å². The molecule has 1 aliphatic heterocycles. The summed E-state index contributed by atoms with van der Waals surface area (Å²) in [4.78, 5) is 27.7. The number of aromatic nitrogens is 1. The number of morpholine rings is 1. The van der Waals surface area contributed by atoms with Crippen molar-refractivity contribution >= 4 is 23.2 Å². The van der Waals surface area contributed by atoms with Crippen LogP contribution in [0.25, 0.3) is 0 Å². The van der Waals surface area contributed by atoms with Gasteiger partial charge in [-0.1, -0.05) is 0 Å². The SMILES string of the molecule is Cc1csc(C(O)(CC(=O)N2CCOC(C(=O)O)C2)C(F)(F)F)n1. The Bertz CT molecular complexity index is 635. The number of hydrogen-bond acceptors (Lipinski definition) is 6. The van der Waals surface area contributed by atoms with Crippen molar-refractivity contribution in [2.45, 2.75) is 31.2 Å². The largest absolute Gasteiger partial charge is 0.479 e. The van der Waals surface area contributed by atoms with E-state index in [-0.39, 0.29) is 19.7 Å². The molecular weight excluding hydrogens is 353 g/mol. The van der Waals surface area contributed by atoms with E-state index in [1.165, 1.54) is 12.3 Å². The first-order valence-electron chi connectivity index (χ1n) is 6.88. The van der Waals surface area contributed by atoms with Crippen LogP contribution in [0, 0.1) is 6.92 Å². The first-order valence-corrected chi connectivity index (χ1v) is 7.76. The Morgan fingerprint density at radius 2 is 2.17 bits per heavy atom. The van der Waals surface area contributed by atoms with E-state index in [1.54, 1.807) is 0 Å². The van der Waals surface area contributed by atoms with Gasteiger partial charge >= 0.3 is 12.1 Å². The van der Waals surface area contributed by atoms with Crippen molar-refractivity contribution in [2.75, 3.05) is 19.7 Å². The lowest BCUT2D eigenvalue weighted by atomic mass is 9.98. The van der Waals surface area contributed by atoms with Crippen LogP contribution in [-0.2, 0) is 19.9 Å². The minimum Gasteiger partial charge on any atom is -0.479 e. The second-order valence-corrected chi connectivity index (χ2v) is 6.22. The lowest BCUT2D eigenvalue weighted by Gasteiger charge is -2.34. The molecule has 1 saturated heterocycles. The fourth-order valence-corrected chi connectivity index (χ4v) is 3.11. The van der Waals surface area contributed by atoms with Crippen molar-refractivity contribution in [3.05, 3.63) is 16.1 Å². The summed E-state index contributed by atoms with van der Waals surface area (Å²) in [7, 11) is 0. The van der Waals surface area contributed by atoms with Crippen LogP contribution in [0.15, 0.2) is 5.38 Å². The van der Waals surface area contributed by atoms with Crippen LogP contribution < -0.4 is 0 Å². The van der Waals surface area contributed by atoms with Crippen LogP contribution >= 0.6 is 11.3 Å². The number of halogens is 3. The molecule has 0 saturated carbocycles. The van der Waals surface area contributed by atoms with E-state index in [4.69, 9.17) is 9.84 Å². The maximum absolute atomic E-state index is 13.4. The maximum atomic E-state index is 13.4. The van der Waals surface area contributed by atoms with E-state index >= 15 is 0 Å². The van der Waals surface area contributed by atoms with Gasteiger partial charge in [-0.25, -0.2) is 9.78 Å². The molecule has 2 rings (SSSR count). The monoisotopic (exact) mass is 368 g/mol. The molecule has 0 radical (unpaired) electrons. The lowest BCUT2D eigenvalue weighted by Crippen LogP contribution is -2.52. The molecule has 0 bridgehead atoms. The number of ether oxygens (including phenoxy) is 1. The topological polar surface area (TPSA) is 100.0 Å². The van der Waals surface area contributed by atoms with E-state index in [0.717, 1.165) is 4.90 Å². The highest BCUT2D eigenvalue weighted by atomic mass is 32.1. The molecule has 24 heavy (non-hydrogen) atoms. The molecule has 1 aromatic heterocycles. The number of carboxylic acids is 1. The van der Waals surface area contributed by atoms with Gasteiger partial charge in [0.05, 0.1) is 19.6 Å². The summed E-state index contributed by atoms with van der Waals surface area (Å²) < 4.78 is 45.0. The maximum Gasteiger partial charge on any atom is 0.424 e. The Morgan fingerprint density at radius 1 is 1.50 bits per heavy atom. The second-order valence-electron chi connectivity index (χ2n) is 5.37. The van der Waals surface area contributed by atoms with E-state index in [9.17, 15) is 27.9 Å².